The van der Waals surface area contributed by atoms with Gasteiger partial charge >= 0.3 is 0 Å². The molecule has 106 valence electrons. The molecular weight excluding hydrogens is 320 g/mol. The van der Waals surface area contributed by atoms with Gasteiger partial charge < -0.3 is 15.6 Å². The molecular formula is C14H17BrN4O. The molecule has 2 rings (SSSR count). The maximum atomic E-state index is 12.3. The highest BCUT2D eigenvalue weighted by molar-refractivity contribution is 9.10. The normalized spacial score (nSPS) is 10.8. The number of anilines is 2. The van der Waals surface area contributed by atoms with E-state index in [1.807, 2.05) is 31.4 Å². The third kappa shape index (κ3) is 3.01. The van der Waals surface area contributed by atoms with Crippen LogP contribution >= 0.6 is 15.9 Å². The Morgan fingerprint density at radius 2 is 2.15 bits per heavy atom. The third-order valence-corrected chi connectivity index (χ3v) is 3.76. The van der Waals surface area contributed by atoms with Crippen LogP contribution in [0, 0.1) is 6.92 Å². The Kier molecular flexibility index (Phi) is 4.13. The van der Waals surface area contributed by atoms with Crippen LogP contribution in [-0.2, 0) is 0 Å². The first-order valence-corrected chi connectivity index (χ1v) is 7.08. The molecule has 2 heterocycles. The summed E-state index contributed by atoms with van der Waals surface area (Å²) >= 11 is 3.33. The molecule has 0 atom stereocenters. The second-order valence-electron chi connectivity index (χ2n) is 4.95. The molecule has 6 heteroatoms. The average Bonchev–Trinajstić information content (AvgIpc) is 2.76. The van der Waals surface area contributed by atoms with Crippen molar-refractivity contribution in [3.8, 4) is 0 Å². The largest absolute Gasteiger partial charge is 0.397 e. The van der Waals surface area contributed by atoms with E-state index in [2.05, 4.69) is 26.2 Å². The summed E-state index contributed by atoms with van der Waals surface area (Å²) in [5.41, 5.74) is 8.51. The van der Waals surface area contributed by atoms with Gasteiger partial charge in [0.25, 0.3) is 5.91 Å². The van der Waals surface area contributed by atoms with Crippen LogP contribution < -0.4 is 11.1 Å². The van der Waals surface area contributed by atoms with Crippen molar-refractivity contribution in [2.24, 2.45) is 0 Å². The van der Waals surface area contributed by atoms with Crippen LogP contribution in [0.25, 0.3) is 0 Å². The summed E-state index contributed by atoms with van der Waals surface area (Å²) in [6.45, 7) is 5.92. The number of aryl methyl sites for hydroxylation is 1. The van der Waals surface area contributed by atoms with Gasteiger partial charge in [0.05, 0.1) is 17.6 Å². The molecule has 0 spiro atoms. The molecule has 0 aliphatic heterocycles. The van der Waals surface area contributed by atoms with Gasteiger partial charge in [-0.1, -0.05) is 0 Å². The number of hydrogen-bond acceptors (Lipinski definition) is 3. The number of carbonyl (C=O) groups excluding carboxylic acids is 1. The lowest BCUT2D eigenvalue weighted by Crippen LogP contribution is -2.18. The van der Waals surface area contributed by atoms with E-state index in [1.165, 1.54) is 0 Å². The molecule has 0 bridgehead atoms. The minimum Gasteiger partial charge on any atom is -0.397 e. The van der Waals surface area contributed by atoms with Crippen molar-refractivity contribution in [1.29, 1.82) is 0 Å². The SMILES string of the molecule is Cc1cc(NC(=O)c2cc(N)cn2C(C)C)cnc1Br. The topological polar surface area (TPSA) is 72.9 Å². The fourth-order valence-corrected chi connectivity index (χ4v) is 2.15. The fraction of sp³-hybridized carbons (Fsp3) is 0.286. The predicted octanol–water partition coefficient (Wildman–Crippen LogP) is 3.37. The molecule has 0 fully saturated rings. The standard InChI is InChI=1S/C14H17BrN4O/c1-8(2)19-7-10(16)5-12(19)14(20)18-11-4-9(3)13(15)17-6-11/h4-8H,16H2,1-3H3,(H,18,20). The van der Waals surface area contributed by atoms with Crippen molar-refractivity contribution in [3.05, 3.63) is 40.4 Å². The van der Waals surface area contributed by atoms with Gasteiger partial charge in [0.1, 0.15) is 10.3 Å². The van der Waals surface area contributed by atoms with Crippen molar-refractivity contribution >= 4 is 33.2 Å². The van der Waals surface area contributed by atoms with Gasteiger partial charge in [-0.2, -0.15) is 0 Å². The van der Waals surface area contributed by atoms with E-state index in [0.29, 0.717) is 17.1 Å². The van der Waals surface area contributed by atoms with Gasteiger partial charge in [0.15, 0.2) is 0 Å². The highest BCUT2D eigenvalue weighted by atomic mass is 79.9. The van der Waals surface area contributed by atoms with Crippen LogP contribution in [0.1, 0.15) is 35.9 Å². The number of pyridine rings is 1. The first-order valence-electron chi connectivity index (χ1n) is 6.29. The lowest BCUT2D eigenvalue weighted by molar-refractivity contribution is 0.101. The molecule has 3 N–H and O–H groups in total. The first kappa shape index (κ1) is 14.6. The number of amides is 1. The highest BCUT2D eigenvalue weighted by Crippen LogP contribution is 2.20. The van der Waals surface area contributed by atoms with Crippen LogP contribution in [0.5, 0.6) is 0 Å². The Bertz CT molecular complexity index is 649. The molecule has 20 heavy (non-hydrogen) atoms. The second-order valence-corrected chi connectivity index (χ2v) is 5.70. The zero-order valence-electron chi connectivity index (χ0n) is 11.6. The molecule has 0 unspecified atom stereocenters. The fourth-order valence-electron chi connectivity index (χ4n) is 1.93. The van der Waals surface area contributed by atoms with Crippen LogP contribution in [-0.4, -0.2) is 15.5 Å². The smallest absolute Gasteiger partial charge is 0.272 e. The van der Waals surface area contributed by atoms with E-state index >= 15 is 0 Å². The molecule has 0 saturated carbocycles. The highest BCUT2D eigenvalue weighted by Gasteiger charge is 2.15. The summed E-state index contributed by atoms with van der Waals surface area (Å²) in [7, 11) is 0. The lowest BCUT2D eigenvalue weighted by atomic mass is 10.3. The zero-order valence-corrected chi connectivity index (χ0v) is 13.2. The minimum absolute atomic E-state index is 0.165. The summed E-state index contributed by atoms with van der Waals surface area (Å²) in [5, 5.41) is 2.84. The number of hydrogen-bond donors (Lipinski definition) is 2. The number of aromatic nitrogens is 2. The van der Waals surface area contributed by atoms with Crippen molar-refractivity contribution in [2.75, 3.05) is 11.1 Å². The van der Waals surface area contributed by atoms with E-state index in [0.717, 1.165) is 10.2 Å². The number of rotatable bonds is 3. The van der Waals surface area contributed by atoms with Gasteiger partial charge in [-0.3, -0.25) is 4.79 Å². The molecule has 0 aromatic carbocycles. The molecule has 0 aliphatic carbocycles. The number of carbonyl (C=O) groups is 1. The summed E-state index contributed by atoms with van der Waals surface area (Å²) in [6, 6.07) is 3.70. The maximum absolute atomic E-state index is 12.3. The molecule has 5 nitrogen and oxygen atoms in total. The molecule has 0 aliphatic rings. The van der Waals surface area contributed by atoms with E-state index in [4.69, 9.17) is 5.73 Å². The molecule has 2 aromatic heterocycles. The summed E-state index contributed by atoms with van der Waals surface area (Å²) in [6.07, 6.45) is 3.38. The first-order chi connectivity index (χ1) is 9.38. The van der Waals surface area contributed by atoms with Gasteiger partial charge in [-0.15, -0.1) is 0 Å². The zero-order chi connectivity index (χ0) is 14.9. The van der Waals surface area contributed by atoms with E-state index in [9.17, 15) is 4.79 Å². The molecule has 0 radical (unpaired) electrons. The molecule has 1 amide bonds. The summed E-state index contributed by atoms with van der Waals surface area (Å²) in [5.74, 6) is -0.195. The Morgan fingerprint density at radius 1 is 1.45 bits per heavy atom. The molecule has 2 aromatic rings. The van der Waals surface area contributed by atoms with Gasteiger partial charge in [0, 0.05) is 12.2 Å². The monoisotopic (exact) mass is 336 g/mol. The van der Waals surface area contributed by atoms with E-state index < -0.39 is 0 Å². The summed E-state index contributed by atoms with van der Waals surface area (Å²) in [4.78, 5) is 16.5. The molecule has 0 saturated heterocycles. The Labute approximate surface area is 126 Å². The quantitative estimate of drug-likeness (QED) is 0.844. The number of halogens is 1. The summed E-state index contributed by atoms with van der Waals surface area (Å²) < 4.78 is 2.62. The number of nitrogens with zero attached hydrogens (tertiary/aromatic N) is 2. The van der Waals surface area contributed by atoms with Gasteiger partial charge in [-0.25, -0.2) is 4.98 Å². The van der Waals surface area contributed by atoms with Crippen molar-refractivity contribution in [1.82, 2.24) is 9.55 Å². The van der Waals surface area contributed by atoms with Crippen LogP contribution in [0.15, 0.2) is 29.1 Å². The van der Waals surface area contributed by atoms with E-state index in [1.54, 1.807) is 18.5 Å². The van der Waals surface area contributed by atoms with E-state index in [-0.39, 0.29) is 11.9 Å². The number of nitrogens with one attached hydrogen (secondary N) is 1. The maximum Gasteiger partial charge on any atom is 0.272 e. The second kappa shape index (κ2) is 5.66. The minimum atomic E-state index is -0.195. The third-order valence-electron chi connectivity index (χ3n) is 2.93. The Balaban J connectivity index is 2.26. The van der Waals surface area contributed by atoms with Crippen LogP contribution in [0.3, 0.4) is 0 Å². The average molecular weight is 337 g/mol. The predicted molar refractivity (Wildman–Crippen MR) is 83.9 cm³/mol. The van der Waals surface area contributed by atoms with Gasteiger partial charge in [0.2, 0.25) is 0 Å². The Morgan fingerprint density at radius 3 is 2.75 bits per heavy atom. The van der Waals surface area contributed by atoms with Crippen molar-refractivity contribution in [2.45, 2.75) is 26.8 Å². The Hall–Kier alpha value is -1.82. The lowest BCUT2D eigenvalue weighted by Gasteiger charge is -2.12. The van der Waals surface area contributed by atoms with Crippen molar-refractivity contribution in [3.63, 3.8) is 0 Å². The number of nitrogens with two attached hydrogens (primary N) is 1. The van der Waals surface area contributed by atoms with Crippen LogP contribution in [0.4, 0.5) is 11.4 Å². The van der Waals surface area contributed by atoms with Crippen LogP contribution in [0.2, 0.25) is 0 Å². The van der Waals surface area contributed by atoms with Crippen molar-refractivity contribution < 1.29 is 4.79 Å². The number of nitrogen functional groups attached to an aromatic ring is 1. The van der Waals surface area contributed by atoms with Gasteiger partial charge in [-0.05, 0) is 54.4 Å².